The highest BCUT2D eigenvalue weighted by Crippen LogP contribution is 2.39. The molecule has 1 fully saturated rings. The lowest BCUT2D eigenvalue weighted by atomic mass is 10.00. The summed E-state index contributed by atoms with van der Waals surface area (Å²) in [6.45, 7) is 11.2. The maximum Gasteiger partial charge on any atom is 0.321 e. The molecule has 3 aromatic heterocycles. The number of pyridine rings is 1. The van der Waals surface area contributed by atoms with Crippen LogP contribution in [0.4, 0.5) is 9.93 Å². The number of thiazole rings is 1. The maximum atomic E-state index is 12.2. The van der Waals surface area contributed by atoms with E-state index >= 15 is 0 Å². The molecule has 1 aliphatic heterocycles. The molecule has 0 aliphatic carbocycles. The van der Waals surface area contributed by atoms with E-state index in [-0.39, 0.29) is 12.1 Å². The van der Waals surface area contributed by atoms with Crippen LogP contribution in [-0.4, -0.2) is 68.8 Å². The fourth-order valence-electron chi connectivity index (χ4n) is 4.57. The minimum atomic E-state index is -1.14. The summed E-state index contributed by atoms with van der Waals surface area (Å²) < 4.78 is 6.45. The Balaban J connectivity index is 1.58. The predicted octanol–water partition coefficient (Wildman–Crippen LogP) is 4.58. The first-order valence-electron chi connectivity index (χ1n) is 13.1. The van der Waals surface area contributed by atoms with Crippen molar-refractivity contribution in [1.29, 1.82) is 0 Å². The molecule has 4 aromatic rings. The molecule has 1 aliphatic rings. The van der Waals surface area contributed by atoms with Crippen molar-refractivity contribution < 1.29 is 14.6 Å². The van der Waals surface area contributed by atoms with Gasteiger partial charge in [0.25, 0.3) is 0 Å². The van der Waals surface area contributed by atoms with Crippen molar-refractivity contribution in [2.24, 2.45) is 0 Å². The number of nitrogens with one attached hydrogen (secondary N) is 2. The van der Waals surface area contributed by atoms with Crippen molar-refractivity contribution in [2.45, 2.75) is 39.3 Å². The van der Waals surface area contributed by atoms with Gasteiger partial charge in [0.05, 0.1) is 29.1 Å². The van der Waals surface area contributed by atoms with E-state index < -0.39 is 5.60 Å². The smallest absolute Gasteiger partial charge is 0.321 e. The number of aliphatic hydroxyl groups is 1. The maximum absolute atomic E-state index is 12.2. The molecule has 1 atom stereocenters. The van der Waals surface area contributed by atoms with E-state index in [9.17, 15) is 9.90 Å². The van der Waals surface area contributed by atoms with Crippen molar-refractivity contribution in [2.75, 3.05) is 38.2 Å². The molecule has 0 radical (unpaired) electrons. The van der Waals surface area contributed by atoms with Crippen LogP contribution in [0.5, 0.6) is 0 Å². The van der Waals surface area contributed by atoms with Crippen molar-refractivity contribution >= 4 is 32.7 Å². The normalized spacial score (nSPS) is 15.3. The molecule has 10 nitrogen and oxygen atoms in total. The molecule has 39 heavy (non-hydrogen) atoms. The number of carbonyl (C=O) groups excluding carboxylic acids is 1. The first kappa shape index (κ1) is 27.1. The highest BCUT2D eigenvalue weighted by molar-refractivity contribution is 7.22. The monoisotopic (exact) mass is 547 g/mol. The van der Waals surface area contributed by atoms with Crippen LogP contribution in [0, 0.1) is 0 Å². The van der Waals surface area contributed by atoms with E-state index in [1.165, 1.54) is 16.9 Å². The molecule has 2 amide bonds. The quantitative estimate of drug-likeness (QED) is 0.307. The van der Waals surface area contributed by atoms with Gasteiger partial charge in [0.2, 0.25) is 0 Å². The lowest BCUT2D eigenvalue weighted by molar-refractivity contribution is 0.0198. The molecule has 5 rings (SSSR count). The fourth-order valence-corrected chi connectivity index (χ4v) is 5.53. The molecule has 0 saturated carbocycles. The SMILES string of the molecule is CCNC(=O)Nc1nc2cc(-c3cnc(C(C)(C)O)nc3)cc(-c3cc(C(C)N4CCOCC4)ccn3)c2s1. The van der Waals surface area contributed by atoms with Crippen molar-refractivity contribution in [1.82, 2.24) is 30.2 Å². The van der Waals surface area contributed by atoms with Crippen LogP contribution in [0.15, 0.2) is 42.9 Å². The second-order valence-corrected chi connectivity index (χ2v) is 11.0. The Morgan fingerprint density at radius 2 is 1.90 bits per heavy atom. The number of amides is 2. The zero-order valence-corrected chi connectivity index (χ0v) is 23.4. The Hall–Kier alpha value is -3.51. The van der Waals surface area contributed by atoms with Crippen LogP contribution in [0.3, 0.4) is 0 Å². The Kier molecular flexibility index (Phi) is 7.85. The number of morpholine rings is 1. The summed E-state index contributed by atoms with van der Waals surface area (Å²) in [5.41, 5.74) is 4.15. The second-order valence-electron chi connectivity index (χ2n) is 10.0. The number of nitrogens with zero attached hydrogens (tertiary/aromatic N) is 5. The van der Waals surface area contributed by atoms with Gasteiger partial charge in [-0.2, -0.15) is 0 Å². The lowest BCUT2D eigenvalue weighted by Gasteiger charge is -2.32. The molecule has 1 aromatic carbocycles. The Labute approximate surface area is 231 Å². The summed E-state index contributed by atoms with van der Waals surface area (Å²) >= 11 is 1.41. The third kappa shape index (κ3) is 6.06. The summed E-state index contributed by atoms with van der Waals surface area (Å²) in [5.74, 6) is 0.348. The van der Waals surface area contributed by atoms with Gasteiger partial charge in [0.1, 0.15) is 5.60 Å². The van der Waals surface area contributed by atoms with E-state index in [1.54, 1.807) is 26.2 Å². The van der Waals surface area contributed by atoms with Gasteiger partial charge >= 0.3 is 6.03 Å². The Morgan fingerprint density at radius 1 is 1.15 bits per heavy atom. The average molecular weight is 548 g/mol. The molecule has 1 saturated heterocycles. The van der Waals surface area contributed by atoms with E-state index in [4.69, 9.17) is 14.7 Å². The number of aromatic nitrogens is 4. The van der Waals surface area contributed by atoms with E-state index in [0.29, 0.717) is 17.5 Å². The van der Waals surface area contributed by atoms with Crippen molar-refractivity contribution in [3.05, 3.63) is 54.2 Å². The highest BCUT2D eigenvalue weighted by Gasteiger charge is 2.22. The molecule has 4 heterocycles. The van der Waals surface area contributed by atoms with E-state index in [1.807, 2.05) is 19.2 Å². The molecule has 3 N–H and O–H groups in total. The number of carbonyl (C=O) groups is 1. The third-order valence-corrected chi connectivity index (χ3v) is 7.74. The first-order chi connectivity index (χ1) is 18.7. The predicted molar refractivity (Wildman–Crippen MR) is 153 cm³/mol. The third-order valence-electron chi connectivity index (χ3n) is 6.72. The van der Waals surface area contributed by atoms with Gasteiger partial charge in [-0.3, -0.25) is 15.2 Å². The molecule has 11 heteroatoms. The minimum Gasteiger partial charge on any atom is -0.382 e. The van der Waals surface area contributed by atoms with Crippen molar-refractivity contribution in [3.8, 4) is 22.4 Å². The zero-order valence-electron chi connectivity index (χ0n) is 22.6. The standard InChI is InChI=1S/C28H33N7O3S/c1-5-29-26(36)34-27-33-23-14-19(20-15-31-25(32-16-20)28(3,4)37)12-21(24(23)39-27)22-13-18(6-7-30-22)17(2)35-8-10-38-11-9-35/h6-7,12-17,37H,5,8-11H2,1-4H3,(H2,29,33,34,36). The number of urea groups is 1. The van der Waals surface area contributed by atoms with Crippen LogP contribution in [0.2, 0.25) is 0 Å². The van der Waals surface area contributed by atoms with Gasteiger partial charge in [-0.15, -0.1) is 0 Å². The van der Waals surface area contributed by atoms with Crippen LogP contribution in [0.25, 0.3) is 32.6 Å². The van der Waals surface area contributed by atoms with Gasteiger partial charge in [-0.25, -0.2) is 19.7 Å². The van der Waals surface area contributed by atoms with Gasteiger partial charge in [0, 0.05) is 55.4 Å². The van der Waals surface area contributed by atoms with Crippen LogP contribution in [0.1, 0.15) is 45.1 Å². The number of ether oxygens (including phenoxy) is 1. The van der Waals surface area contributed by atoms with Crippen LogP contribution < -0.4 is 10.6 Å². The number of fused-ring (bicyclic) bond motifs is 1. The number of hydrogen-bond acceptors (Lipinski definition) is 9. The van der Waals surface area contributed by atoms with E-state index in [0.717, 1.165) is 58.9 Å². The lowest BCUT2D eigenvalue weighted by Crippen LogP contribution is -2.38. The highest BCUT2D eigenvalue weighted by atomic mass is 32.1. The fraction of sp³-hybridized carbons (Fsp3) is 0.393. The van der Waals surface area contributed by atoms with Gasteiger partial charge in [-0.1, -0.05) is 11.3 Å². The Morgan fingerprint density at radius 3 is 2.59 bits per heavy atom. The molecule has 1 unspecified atom stereocenters. The second kappa shape index (κ2) is 11.3. The van der Waals surface area contributed by atoms with Crippen LogP contribution >= 0.6 is 11.3 Å². The number of rotatable bonds is 7. The molecular weight excluding hydrogens is 514 g/mol. The average Bonchev–Trinajstić information content (AvgIpc) is 3.34. The number of anilines is 1. The topological polar surface area (TPSA) is 125 Å². The summed E-state index contributed by atoms with van der Waals surface area (Å²) in [6.07, 6.45) is 5.25. The Bertz CT molecular complexity index is 1460. The molecule has 0 bridgehead atoms. The van der Waals surface area contributed by atoms with Gasteiger partial charge < -0.3 is 15.2 Å². The minimum absolute atomic E-state index is 0.216. The van der Waals surface area contributed by atoms with E-state index in [2.05, 4.69) is 50.6 Å². The first-order valence-corrected chi connectivity index (χ1v) is 13.9. The van der Waals surface area contributed by atoms with Gasteiger partial charge in [0.15, 0.2) is 11.0 Å². The number of hydrogen-bond donors (Lipinski definition) is 3. The molecular formula is C28H33N7O3S. The largest absolute Gasteiger partial charge is 0.382 e. The molecule has 0 spiro atoms. The van der Waals surface area contributed by atoms with Crippen LogP contribution in [-0.2, 0) is 10.3 Å². The zero-order chi connectivity index (χ0) is 27.6. The number of benzene rings is 1. The van der Waals surface area contributed by atoms with Crippen molar-refractivity contribution in [3.63, 3.8) is 0 Å². The summed E-state index contributed by atoms with van der Waals surface area (Å²) in [5, 5.41) is 16.3. The summed E-state index contributed by atoms with van der Waals surface area (Å²) in [4.78, 5) is 32.8. The van der Waals surface area contributed by atoms with Gasteiger partial charge in [-0.05, 0) is 63.1 Å². The molecule has 204 valence electrons. The summed E-state index contributed by atoms with van der Waals surface area (Å²) in [7, 11) is 0. The summed E-state index contributed by atoms with van der Waals surface area (Å²) in [6, 6.07) is 8.12.